The van der Waals surface area contributed by atoms with Gasteiger partial charge in [0.2, 0.25) is 0 Å². The lowest BCUT2D eigenvalue weighted by molar-refractivity contribution is -0.383. The number of nitro benzene ring substituents is 1. The van der Waals surface area contributed by atoms with E-state index in [0.29, 0.717) is 11.4 Å². The average molecular weight is 257 g/mol. The summed E-state index contributed by atoms with van der Waals surface area (Å²) in [5.74, 6) is 0. The molecule has 0 radical (unpaired) electrons. The molecule has 0 bridgehead atoms. The van der Waals surface area contributed by atoms with Crippen LogP contribution in [0.25, 0.3) is 0 Å². The standard InChI is InChI=1S/C14H15N3O2/c1-10(11-5-3-2-4-6-11)16-13-8-7-12(15)9-14(13)17(18)19/h2-10,16H,15H2,1H3. The van der Waals surface area contributed by atoms with E-state index >= 15 is 0 Å². The van der Waals surface area contributed by atoms with Gasteiger partial charge in [-0.05, 0) is 24.6 Å². The molecular weight excluding hydrogens is 242 g/mol. The monoisotopic (exact) mass is 257 g/mol. The van der Waals surface area contributed by atoms with Gasteiger partial charge >= 0.3 is 0 Å². The number of nitrogens with two attached hydrogens (primary N) is 1. The van der Waals surface area contributed by atoms with Gasteiger partial charge in [-0.2, -0.15) is 0 Å². The van der Waals surface area contributed by atoms with Crippen molar-refractivity contribution in [1.29, 1.82) is 0 Å². The molecule has 19 heavy (non-hydrogen) atoms. The highest BCUT2D eigenvalue weighted by molar-refractivity contribution is 5.67. The van der Waals surface area contributed by atoms with Crippen molar-refractivity contribution >= 4 is 17.1 Å². The summed E-state index contributed by atoms with van der Waals surface area (Å²) in [6, 6.07) is 14.4. The minimum absolute atomic E-state index is 0.0113. The third-order valence-electron chi connectivity index (χ3n) is 2.89. The van der Waals surface area contributed by atoms with Crippen LogP contribution in [-0.4, -0.2) is 4.92 Å². The van der Waals surface area contributed by atoms with Crippen molar-refractivity contribution < 1.29 is 4.92 Å². The zero-order chi connectivity index (χ0) is 13.8. The minimum atomic E-state index is -0.434. The van der Waals surface area contributed by atoms with Crippen LogP contribution in [-0.2, 0) is 0 Å². The number of nitrogens with one attached hydrogen (secondary N) is 1. The highest BCUT2D eigenvalue weighted by Crippen LogP contribution is 2.29. The molecule has 0 aliphatic heterocycles. The number of nitrogens with zero attached hydrogens (tertiary/aromatic N) is 1. The van der Waals surface area contributed by atoms with Gasteiger partial charge < -0.3 is 11.1 Å². The molecule has 5 nitrogen and oxygen atoms in total. The van der Waals surface area contributed by atoms with E-state index in [0.717, 1.165) is 5.56 Å². The summed E-state index contributed by atoms with van der Waals surface area (Å²) in [7, 11) is 0. The fourth-order valence-corrected chi connectivity index (χ4v) is 1.88. The lowest BCUT2D eigenvalue weighted by atomic mass is 10.1. The van der Waals surface area contributed by atoms with Crippen LogP contribution in [0.5, 0.6) is 0 Å². The van der Waals surface area contributed by atoms with Gasteiger partial charge in [0.05, 0.1) is 4.92 Å². The molecule has 0 aliphatic carbocycles. The smallest absolute Gasteiger partial charge is 0.294 e. The summed E-state index contributed by atoms with van der Waals surface area (Å²) >= 11 is 0. The summed E-state index contributed by atoms with van der Waals surface area (Å²) in [5, 5.41) is 14.1. The summed E-state index contributed by atoms with van der Waals surface area (Å²) in [6.45, 7) is 1.95. The Morgan fingerprint density at radius 3 is 2.53 bits per heavy atom. The molecule has 0 saturated heterocycles. The lowest BCUT2D eigenvalue weighted by Crippen LogP contribution is -2.08. The number of rotatable bonds is 4. The van der Waals surface area contributed by atoms with Gasteiger partial charge in [0.1, 0.15) is 5.69 Å². The Hall–Kier alpha value is -2.56. The summed E-state index contributed by atoms with van der Waals surface area (Å²) in [6.07, 6.45) is 0. The van der Waals surface area contributed by atoms with Gasteiger partial charge in [-0.1, -0.05) is 30.3 Å². The Balaban J connectivity index is 2.26. The van der Waals surface area contributed by atoms with Crippen molar-refractivity contribution in [3.05, 3.63) is 64.2 Å². The number of nitrogen functional groups attached to an aromatic ring is 1. The first kappa shape index (κ1) is 12.9. The third kappa shape index (κ3) is 3.01. The molecule has 98 valence electrons. The van der Waals surface area contributed by atoms with E-state index in [4.69, 9.17) is 5.73 Å². The zero-order valence-corrected chi connectivity index (χ0v) is 10.5. The van der Waals surface area contributed by atoms with Crippen LogP contribution < -0.4 is 11.1 Å². The van der Waals surface area contributed by atoms with Crippen molar-refractivity contribution in [3.63, 3.8) is 0 Å². The predicted molar refractivity (Wildman–Crippen MR) is 76.0 cm³/mol. The van der Waals surface area contributed by atoms with Crippen molar-refractivity contribution in [2.45, 2.75) is 13.0 Å². The lowest BCUT2D eigenvalue weighted by Gasteiger charge is -2.15. The molecule has 0 heterocycles. The normalized spacial score (nSPS) is 11.8. The van der Waals surface area contributed by atoms with E-state index in [1.54, 1.807) is 12.1 Å². The molecule has 0 aromatic heterocycles. The van der Waals surface area contributed by atoms with Gasteiger partial charge in [0.15, 0.2) is 0 Å². The molecule has 2 aromatic rings. The molecule has 0 spiro atoms. The second-order valence-electron chi connectivity index (χ2n) is 4.31. The molecule has 5 heteroatoms. The van der Waals surface area contributed by atoms with E-state index < -0.39 is 4.92 Å². The Morgan fingerprint density at radius 2 is 1.89 bits per heavy atom. The van der Waals surface area contributed by atoms with Crippen molar-refractivity contribution in [3.8, 4) is 0 Å². The Morgan fingerprint density at radius 1 is 1.21 bits per heavy atom. The topological polar surface area (TPSA) is 81.2 Å². The van der Waals surface area contributed by atoms with Gasteiger partial charge in [0, 0.05) is 17.8 Å². The fraction of sp³-hybridized carbons (Fsp3) is 0.143. The predicted octanol–water partition coefficient (Wildman–Crippen LogP) is 3.35. The first-order chi connectivity index (χ1) is 9.08. The summed E-state index contributed by atoms with van der Waals surface area (Å²) in [5.41, 5.74) is 7.47. The van der Waals surface area contributed by atoms with Crippen molar-refractivity contribution in [2.24, 2.45) is 0 Å². The van der Waals surface area contributed by atoms with Crippen LogP contribution in [0.4, 0.5) is 17.1 Å². The Labute approximate surface area is 111 Å². The van der Waals surface area contributed by atoms with E-state index in [9.17, 15) is 10.1 Å². The van der Waals surface area contributed by atoms with E-state index in [1.165, 1.54) is 6.07 Å². The highest BCUT2D eigenvalue weighted by Gasteiger charge is 2.16. The van der Waals surface area contributed by atoms with Crippen molar-refractivity contribution in [1.82, 2.24) is 0 Å². The molecule has 0 fully saturated rings. The Bertz CT molecular complexity index is 584. The first-order valence-electron chi connectivity index (χ1n) is 5.93. The molecule has 0 amide bonds. The van der Waals surface area contributed by atoms with E-state index in [2.05, 4.69) is 5.32 Å². The van der Waals surface area contributed by atoms with Crippen LogP contribution in [0.1, 0.15) is 18.5 Å². The highest BCUT2D eigenvalue weighted by atomic mass is 16.6. The zero-order valence-electron chi connectivity index (χ0n) is 10.5. The molecule has 2 rings (SSSR count). The van der Waals surface area contributed by atoms with Gasteiger partial charge in [0.25, 0.3) is 5.69 Å². The maximum Gasteiger partial charge on any atom is 0.294 e. The van der Waals surface area contributed by atoms with Crippen molar-refractivity contribution in [2.75, 3.05) is 11.1 Å². The van der Waals surface area contributed by atoms with E-state index in [-0.39, 0.29) is 11.7 Å². The number of hydrogen-bond donors (Lipinski definition) is 2. The fourth-order valence-electron chi connectivity index (χ4n) is 1.88. The van der Waals surface area contributed by atoms with Gasteiger partial charge in [-0.15, -0.1) is 0 Å². The van der Waals surface area contributed by atoms with Crippen LogP contribution in [0.15, 0.2) is 48.5 Å². The number of benzene rings is 2. The molecule has 0 saturated carbocycles. The quantitative estimate of drug-likeness (QED) is 0.500. The van der Waals surface area contributed by atoms with Gasteiger partial charge in [-0.25, -0.2) is 0 Å². The maximum absolute atomic E-state index is 11.0. The van der Waals surface area contributed by atoms with Crippen LogP contribution in [0.2, 0.25) is 0 Å². The number of nitro groups is 1. The average Bonchev–Trinajstić information content (AvgIpc) is 2.41. The largest absolute Gasteiger partial charge is 0.399 e. The maximum atomic E-state index is 11.0. The minimum Gasteiger partial charge on any atom is -0.399 e. The molecule has 1 unspecified atom stereocenters. The Kier molecular flexibility index (Phi) is 3.66. The summed E-state index contributed by atoms with van der Waals surface area (Å²) < 4.78 is 0. The third-order valence-corrected chi connectivity index (χ3v) is 2.89. The van der Waals surface area contributed by atoms with Crippen LogP contribution in [0.3, 0.4) is 0 Å². The second-order valence-corrected chi connectivity index (χ2v) is 4.31. The van der Waals surface area contributed by atoms with Gasteiger partial charge in [-0.3, -0.25) is 10.1 Å². The number of anilines is 2. The number of hydrogen-bond acceptors (Lipinski definition) is 4. The molecule has 2 aromatic carbocycles. The molecule has 3 N–H and O–H groups in total. The van der Waals surface area contributed by atoms with Crippen LogP contribution in [0, 0.1) is 10.1 Å². The first-order valence-corrected chi connectivity index (χ1v) is 5.93. The second kappa shape index (κ2) is 5.39. The van der Waals surface area contributed by atoms with Crippen LogP contribution >= 0.6 is 0 Å². The SMILES string of the molecule is CC(Nc1ccc(N)cc1[N+](=O)[O-])c1ccccc1. The van der Waals surface area contributed by atoms with E-state index in [1.807, 2.05) is 37.3 Å². The molecular formula is C14H15N3O2. The summed E-state index contributed by atoms with van der Waals surface area (Å²) in [4.78, 5) is 10.6. The molecule has 0 aliphatic rings. The molecule has 1 atom stereocenters.